The highest BCUT2D eigenvalue weighted by Gasteiger charge is 2.15. The highest BCUT2D eigenvalue weighted by molar-refractivity contribution is 6.34. The van der Waals surface area contributed by atoms with Gasteiger partial charge in [0.05, 0.1) is 5.56 Å². The maximum Gasteiger partial charge on any atom is 0.164 e. The first-order valence-electron chi connectivity index (χ1n) is 6.36. The Hall–Kier alpha value is -2.07. The van der Waals surface area contributed by atoms with Crippen LogP contribution in [-0.2, 0) is 0 Å². The maximum atomic E-state index is 14.0. The van der Waals surface area contributed by atoms with E-state index in [1.807, 2.05) is 6.92 Å². The summed E-state index contributed by atoms with van der Waals surface area (Å²) in [4.78, 5) is 8.28. The number of nitrogens with zero attached hydrogens (tertiary/aromatic N) is 2. The van der Waals surface area contributed by atoms with Gasteiger partial charge < -0.3 is 0 Å². The third-order valence-electron chi connectivity index (χ3n) is 3.33. The average molecular weight is 305 g/mol. The van der Waals surface area contributed by atoms with E-state index in [2.05, 4.69) is 9.97 Å². The third kappa shape index (κ3) is 2.36. The van der Waals surface area contributed by atoms with Gasteiger partial charge >= 0.3 is 0 Å². The Morgan fingerprint density at radius 2 is 1.67 bits per heavy atom. The van der Waals surface area contributed by atoms with Crippen LogP contribution in [0.5, 0.6) is 0 Å². The molecule has 0 saturated heterocycles. The fourth-order valence-corrected chi connectivity index (χ4v) is 2.57. The number of fused-ring (bicyclic) bond motifs is 1. The zero-order valence-corrected chi connectivity index (χ0v) is 12.2. The molecule has 21 heavy (non-hydrogen) atoms. The third-order valence-corrected chi connectivity index (χ3v) is 3.60. The monoisotopic (exact) mass is 304 g/mol. The molecule has 0 atom stereocenters. The maximum absolute atomic E-state index is 14.0. The Labute approximate surface area is 125 Å². The zero-order chi connectivity index (χ0) is 15.1. The van der Waals surface area contributed by atoms with Crippen molar-refractivity contribution in [3.63, 3.8) is 0 Å². The molecule has 3 rings (SSSR count). The van der Waals surface area contributed by atoms with Gasteiger partial charge in [0.25, 0.3) is 0 Å². The molecule has 2 nitrogen and oxygen atoms in total. The van der Waals surface area contributed by atoms with Gasteiger partial charge in [0.1, 0.15) is 22.3 Å². The van der Waals surface area contributed by atoms with Crippen molar-refractivity contribution in [3.05, 3.63) is 58.2 Å². The van der Waals surface area contributed by atoms with Crippen LogP contribution in [0.4, 0.5) is 8.78 Å². The Balaban J connectivity index is 2.35. The second kappa shape index (κ2) is 5.04. The van der Waals surface area contributed by atoms with Crippen molar-refractivity contribution in [2.45, 2.75) is 13.8 Å². The fraction of sp³-hybridized carbons (Fsp3) is 0.125. The molecule has 3 aromatic rings. The number of rotatable bonds is 1. The van der Waals surface area contributed by atoms with Gasteiger partial charge in [-0.05, 0) is 37.6 Å². The highest BCUT2D eigenvalue weighted by Crippen LogP contribution is 2.30. The van der Waals surface area contributed by atoms with E-state index in [0.29, 0.717) is 5.39 Å². The summed E-state index contributed by atoms with van der Waals surface area (Å²) in [6.45, 7) is 3.63. The molecule has 0 N–H and O–H groups in total. The van der Waals surface area contributed by atoms with Crippen LogP contribution in [0.25, 0.3) is 22.3 Å². The Kier molecular flexibility index (Phi) is 3.33. The van der Waals surface area contributed by atoms with Gasteiger partial charge in [-0.1, -0.05) is 29.3 Å². The number of aromatic nitrogens is 2. The SMILES string of the molecule is Cc1ccc(F)c(-c2nc(Cl)c3c(C)ccc(F)c3n2)c1. The first-order chi connectivity index (χ1) is 9.97. The smallest absolute Gasteiger partial charge is 0.164 e. The van der Waals surface area contributed by atoms with Gasteiger partial charge in [0, 0.05) is 5.39 Å². The van der Waals surface area contributed by atoms with Crippen LogP contribution in [0, 0.1) is 25.5 Å². The summed E-state index contributed by atoms with van der Waals surface area (Å²) in [5, 5.41) is 0.571. The second-order valence-electron chi connectivity index (χ2n) is 4.91. The molecule has 0 aliphatic rings. The lowest BCUT2D eigenvalue weighted by atomic mass is 10.1. The van der Waals surface area contributed by atoms with Gasteiger partial charge in [-0.2, -0.15) is 0 Å². The van der Waals surface area contributed by atoms with Gasteiger partial charge in [0.15, 0.2) is 5.82 Å². The number of hydrogen-bond donors (Lipinski definition) is 0. The van der Waals surface area contributed by atoms with Gasteiger partial charge in [0.2, 0.25) is 0 Å². The molecule has 0 aliphatic heterocycles. The summed E-state index contributed by atoms with van der Waals surface area (Å²) < 4.78 is 27.9. The summed E-state index contributed by atoms with van der Waals surface area (Å²) in [6, 6.07) is 7.52. The molecular formula is C16H11ClF2N2. The van der Waals surface area contributed by atoms with E-state index in [1.165, 1.54) is 12.1 Å². The predicted octanol–water partition coefficient (Wildman–Crippen LogP) is 4.85. The van der Waals surface area contributed by atoms with E-state index < -0.39 is 11.6 Å². The molecular weight excluding hydrogens is 294 g/mol. The van der Waals surface area contributed by atoms with Crippen LogP contribution in [0.1, 0.15) is 11.1 Å². The topological polar surface area (TPSA) is 25.8 Å². The minimum Gasteiger partial charge on any atom is -0.225 e. The van der Waals surface area contributed by atoms with Crippen LogP contribution in [0.2, 0.25) is 5.15 Å². The summed E-state index contributed by atoms with van der Waals surface area (Å²) in [7, 11) is 0. The molecule has 0 bridgehead atoms. The van der Waals surface area contributed by atoms with Crippen molar-refractivity contribution in [1.29, 1.82) is 0 Å². The van der Waals surface area contributed by atoms with Crippen LogP contribution < -0.4 is 0 Å². The Morgan fingerprint density at radius 1 is 0.952 bits per heavy atom. The lowest BCUT2D eigenvalue weighted by molar-refractivity contribution is 0.628. The minimum absolute atomic E-state index is 0.0817. The molecule has 0 saturated carbocycles. The van der Waals surface area contributed by atoms with Gasteiger partial charge in [-0.3, -0.25) is 0 Å². The van der Waals surface area contributed by atoms with Crippen molar-refractivity contribution < 1.29 is 8.78 Å². The predicted molar refractivity (Wildman–Crippen MR) is 79.4 cm³/mol. The van der Waals surface area contributed by atoms with Gasteiger partial charge in [-0.25, -0.2) is 18.7 Å². The molecule has 1 aromatic heterocycles. The van der Waals surface area contributed by atoms with Crippen LogP contribution >= 0.6 is 11.6 Å². The Bertz CT molecular complexity index is 863. The molecule has 0 fully saturated rings. The highest BCUT2D eigenvalue weighted by atomic mass is 35.5. The molecule has 1 heterocycles. The zero-order valence-electron chi connectivity index (χ0n) is 11.4. The van der Waals surface area contributed by atoms with E-state index in [-0.39, 0.29) is 22.1 Å². The molecule has 0 radical (unpaired) electrons. The summed E-state index contributed by atoms with van der Waals surface area (Å²) in [5.74, 6) is -0.892. The number of benzene rings is 2. The van der Waals surface area contributed by atoms with E-state index in [9.17, 15) is 8.78 Å². The van der Waals surface area contributed by atoms with Crippen LogP contribution in [0.3, 0.4) is 0 Å². The molecule has 0 aliphatic carbocycles. The largest absolute Gasteiger partial charge is 0.225 e. The van der Waals surface area contributed by atoms with Crippen molar-refractivity contribution >= 4 is 22.5 Å². The van der Waals surface area contributed by atoms with E-state index in [0.717, 1.165) is 11.1 Å². The molecule has 0 amide bonds. The lowest BCUT2D eigenvalue weighted by Crippen LogP contribution is -1.97. The fourth-order valence-electron chi connectivity index (χ4n) is 2.25. The van der Waals surface area contributed by atoms with E-state index >= 15 is 0 Å². The van der Waals surface area contributed by atoms with Crippen molar-refractivity contribution in [1.82, 2.24) is 9.97 Å². The minimum atomic E-state index is -0.505. The van der Waals surface area contributed by atoms with Crippen molar-refractivity contribution in [2.24, 2.45) is 0 Å². The average Bonchev–Trinajstić information content (AvgIpc) is 2.45. The van der Waals surface area contributed by atoms with Crippen molar-refractivity contribution in [3.8, 4) is 11.4 Å². The first-order valence-corrected chi connectivity index (χ1v) is 6.74. The standard InChI is InChI=1S/C16H11ClF2N2/c1-8-3-5-11(18)10(7-8)16-20-14-12(19)6-4-9(2)13(14)15(17)21-16/h3-7H,1-2H3. The summed E-state index contributed by atoms with van der Waals surface area (Å²) >= 11 is 6.14. The molecule has 2 aromatic carbocycles. The molecule has 5 heteroatoms. The van der Waals surface area contributed by atoms with Crippen LogP contribution in [0.15, 0.2) is 30.3 Å². The second-order valence-corrected chi connectivity index (χ2v) is 5.27. The quantitative estimate of drug-likeness (QED) is 0.601. The summed E-state index contributed by atoms with van der Waals surface area (Å²) in [6.07, 6.45) is 0. The number of halogens is 3. The summed E-state index contributed by atoms with van der Waals surface area (Å²) in [5.41, 5.74) is 1.94. The Morgan fingerprint density at radius 3 is 2.43 bits per heavy atom. The molecule has 0 unspecified atom stereocenters. The normalized spacial score (nSPS) is 11.1. The number of hydrogen-bond acceptors (Lipinski definition) is 2. The van der Waals surface area contributed by atoms with Gasteiger partial charge in [-0.15, -0.1) is 0 Å². The molecule has 0 spiro atoms. The number of aryl methyl sites for hydroxylation is 2. The first kappa shape index (κ1) is 13.9. The van der Waals surface area contributed by atoms with E-state index in [1.54, 1.807) is 25.1 Å². The van der Waals surface area contributed by atoms with Crippen molar-refractivity contribution in [2.75, 3.05) is 0 Å². The lowest BCUT2D eigenvalue weighted by Gasteiger charge is -2.08. The van der Waals surface area contributed by atoms with Crippen LogP contribution in [-0.4, -0.2) is 9.97 Å². The van der Waals surface area contributed by atoms with E-state index in [4.69, 9.17) is 11.6 Å². The molecule has 106 valence electrons.